The normalized spacial score (nSPS) is 12.4. The van der Waals surface area contributed by atoms with Crippen LogP contribution in [-0.2, 0) is 14.3 Å². The molecule has 0 saturated carbocycles. The second-order valence-corrected chi connectivity index (χ2v) is 27.4. The predicted molar refractivity (Wildman–Crippen MR) is 371 cm³/mol. The van der Waals surface area contributed by atoms with E-state index < -0.39 is 12.1 Å². The Hall–Kier alpha value is -1.14. The van der Waals surface area contributed by atoms with Crippen LogP contribution in [0.1, 0.15) is 463 Å². The monoisotopic (exact) mass is 1190 g/mol. The molecule has 0 aromatic carbocycles. The number of hydrogen-bond acceptors (Lipinski definition) is 5. The highest BCUT2D eigenvalue weighted by Gasteiger charge is 2.20. The van der Waals surface area contributed by atoms with Gasteiger partial charge in [-0.15, -0.1) is 0 Å². The summed E-state index contributed by atoms with van der Waals surface area (Å²) >= 11 is 0. The second-order valence-electron chi connectivity index (χ2n) is 27.4. The molecule has 6 nitrogen and oxygen atoms in total. The number of hydrogen-bond donors (Lipinski definition) is 3. The third-order valence-corrected chi connectivity index (χ3v) is 18.9. The molecule has 6 heteroatoms. The van der Waals surface area contributed by atoms with Gasteiger partial charge in [-0.05, 0) is 25.7 Å². The van der Waals surface area contributed by atoms with E-state index in [9.17, 15) is 19.8 Å². The highest BCUT2D eigenvalue weighted by Crippen LogP contribution is 2.21. The number of aliphatic hydroxyl groups excluding tert-OH is 2. The molecule has 0 rings (SSSR count). The zero-order chi connectivity index (χ0) is 60.6. The van der Waals surface area contributed by atoms with Gasteiger partial charge in [-0.1, -0.05) is 425 Å². The summed E-state index contributed by atoms with van der Waals surface area (Å²) < 4.78 is 5.50. The number of carbonyl (C=O) groups is 2. The number of unbranched alkanes of at least 4 members (excludes halogenated alkanes) is 64. The topological polar surface area (TPSA) is 95.9 Å². The van der Waals surface area contributed by atoms with Gasteiger partial charge >= 0.3 is 5.97 Å². The van der Waals surface area contributed by atoms with Crippen molar-refractivity contribution in [2.24, 2.45) is 0 Å². The van der Waals surface area contributed by atoms with Crippen LogP contribution < -0.4 is 5.32 Å². The van der Waals surface area contributed by atoms with Crippen LogP contribution in [0.15, 0.2) is 0 Å². The molecule has 84 heavy (non-hydrogen) atoms. The van der Waals surface area contributed by atoms with Crippen LogP contribution in [-0.4, -0.2) is 47.4 Å². The second kappa shape index (κ2) is 74.3. The zero-order valence-corrected chi connectivity index (χ0v) is 57.7. The average molecular weight is 1190 g/mol. The number of amides is 1. The maximum atomic E-state index is 12.6. The fourth-order valence-electron chi connectivity index (χ4n) is 12.9. The molecule has 0 saturated heterocycles. The van der Waals surface area contributed by atoms with Gasteiger partial charge < -0.3 is 20.3 Å². The molecule has 0 heterocycles. The summed E-state index contributed by atoms with van der Waals surface area (Å²) in [5, 5.41) is 23.5. The van der Waals surface area contributed by atoms with Gasteiger partial charge in [0.2, 0.25) is 5.91 Å². The first-order chi connectivity index (χ1) is 41.5. The van der Waals surface area contributed by atoms with Crippen LogP contribution in [0.25, 0.3) is 0 Å². The lowest BCUT2D eigenvalue weighted by atomic mass is 10.0. The molecule has 0 fully saturated rings. The molecule has 0 aromatic heterocycles. The Labute approximate surface area is 527 Å². The van der Waals surface area contributed by atoms with Crippen LogP contribution in [0.4, 0.5) is 0 Å². The van der Waals surface area contributed by atoms with Gasteiger partial charge in [-0.3, -0.25) is 9.59 Å². The lowest BCUT2D eigenvalue weighted by molar-refractivity contribution is -0.143. The van der Waals surface area contributed by atoms with E-state index in [4.69, 9.17) is 4.74 Å². The maximum absolute atomic E-state index is 12.6. The minimum absolute atomic E-state index is 0.0241. The molecule has 2 unspecified atom stereocenters. The van der Waals surface area contributed by atoms with Crippen molar-refractivity contribution in [3.8, 4) is 0 Å². The van der Waals surface area contributed by atoms with E-state index in [1.165, 1.54) is 392 Å². The van der Waals surface area contributed by atoms with Gasteiger partial charge in [0.05, 0.1) is 25.4 Å². The van der Waals surface area contributed by atoms with E-state index in [-0.39, 0.29) is 18.5 Å². The highest BCUT2D eigenvalue weighted by molar-refractivity contribution is 5.76. The summed E-state index contributed by atoms with van der Waals surface area (Å²) in [7, 11) is 0. The molecule has 0 radical (unpaired) electrons. The molecular formula is C78H155NO5. The lowest BCUT2D eigenvalue weighted by Gasteiger charge is -2.22. The van der Waals surface area contributed by atoms with Crippen molar-refractivity contribution in [2.75, 3.05) is 13.2 Å². The Balaban J connectivity index is 3.31. The summed E-state index contributed by atoms with van der Waals surface area (Å²) in [4.78, 5) is 24.6. The first kappa shape index (κ1) is 82.9. The SMILES string of the molecule is CCCCCCCCCCCCCCCCCCCCCCCC(O)C(CO)NC(=O)CCCCCCCCCCCCCCCCCCCCCCCCCCCCCCCCCCCOC(=O)CCCCCCCCCCCCCCC. The molecule has 0 aliphatic heterocycles. The van der Waals surface area contributed by atoms with Crippen molar-refractivity contribution in [1.29, 1.82) is 0 Å². The zero-order valence-electron chi connectivity index (χ0n) is 57.7. The fourth-order valence-corrected chi connectivity index (χ4v) is 12.9. The number of ether oxygens (including phenoxy) is 1. The summed E-state index contributed by atoms with van der Waals surface area (Å²) in [5.41, 5.74) is 0. The van der Waals surface area contributed by atoms with Crippen molar-refractivity contribution in [3.05, 3.63) is 0 Å². The number of carbonyl (C=O) groups excluding carboxylic acids is 2. The molecule has 0 bridgehead atoms. The summed E-state index contributed by atoms with van der Waals surface area (Å²) in [6, 6.07) is -0.538. The lowest BCUT2D eigenvalue weighted by Crippen LogP contribution is -2.45. The molecular weight excluding hydrogens is 1030 g/mol. The molecule has 0 aromatic rings. The van der Waals surface area contributed by atoms with Crippen LogP contribution in [0.5, 0.6) is 0 Å². The molecule has 3 N–H and O–H groups in total. The van der Waals surface area contributed by atoms with Gasteiger partial charge in [0.15, 0.2) is 0 Å². The van der Waals surface area contributed by atoms with E-state index in [1.54, 1.807) is 0 Å². The van der Waals surface area contributed by atoms with Crippen LogP contribution in [0.2, 0.25) is 0 Å². The molecule has 2 atom stereocenters. The van der Waals surface area contributed by atoms with Crippen molar-refractivity contribution >= 4 is 11.9 Å². The standard InChI is InChI=1S/C78H155NO5/c1-3-5-7-9-11-13-15-17-18-19-20-34-37-40-43-47-50-54-58-62-66-70-76(81)75(74-80)79-77(82)71-67-63-59-55-51-48-44-41-38-35-32-30-28-26-24-22-21-23-25-27-29-31-33-36-39-42-45-49-53-57-61-65-69-73-84-78(83)72-68-64-60-56-52-46-16-14-12-10-8-6-4-2/h75-76,80-81H,3-74H2,1-2H3,(H,79,82). The van der Waals surface area contributed by atoms with E-state index in [0.29, 0.717) is 25.9 Å². The first-order valence-corrected chi connectivity index (χ1v) is 39.3. The first-order valence-electron chi connectivity index (χ1n) is 39.3. The van der Waals surface area contributed by atoms with Gasteiger partial charge in [0.25, 0.3) is 0 Å². The van der Waals surface area contributed by atoms with Crippen molar-refractivity contribution in [3.63, 3.8) is 0 Å². The highest BCUT2D eigenvalue weighted by atomic mass is 16.5. The quantitative estimate of drug-likeness (QED) is 0.0417. The van der Waals surface area contributed by atoms with Crippen LogP contribution in [0.3, 0.4) is 0 Å². The van der Waals surface area contributed by atoms with Crippen molar-refractivity contribution in [2.45, 2.75) is 475 Å². The minimum Gasteiger partial charge on any atom is -0.466 e. The van der Waals surface area contributed by atoms with Crippen molar-refractivity contribution in [1.82, 2.24) is 5.32 Å². The molecule has 0 spiro atoms. The number of rotatable bonds is 75. The van der Waals surface area contributed by atoms with Crippen LogP contribution in [0, 0.1) is 0 Å². The van der Waals surface area contributed by atoms with E-state index >= 15 is 0 Å². The van der Waals surface area contributed by atoms with E-state index in [0.717, 1.165) is 38.5 Å². The minimum atomic E-state index is -0.661. The Morgan fingerprint density at radius 3 is 0.726 bits per heavy atom. The molecule has 0 aliphatic rings. The largest absolute Gasteiger partial charge is 0.466 e. The predicted octanol–water partition coefficient (Wildman–Crippen LogP) is 25.7. The van der Waals surface area contributed by atoms with E-state index in [2.05, 4.69) is 19.2 Å². The average Bonchev–Trinajstić information content (AvgIpc) is 3.51. The Bertz CT molecular complexity index is 1230. The van der Waals surface area contributed by atoms with Gasteiger partial charge in [-0.25, -0.2) is 0 Å². The summed E-state index contributed by atoms with van der Waals surface area (Å²) in [6.07, 6.45) is 91.9. The van der Waals surface area contributed by atoms with Gasteiger partial charge in [0, 0.05) is 12.8 Å². The number of esters is 1. The maximum Gasteiger partial charge on any atom is 0.305 e. The molecule has 502 valence electrons. The third-order valence-electron chi connectivity index (χ3n) is 18.9. The Morgan fingerprint density at radius 1 is 0.286 bits per heavy atom. The summed E-state index contributed by atoms with van der Waals surface area (Å²) in [6.45, 7) is 5.02. The summed E-state index contributed by atoms with van der Waals surface area (Å²) in [5.74, 6) is 0.000539. The number of aliphatic hydroxyl groups is 2. The van der Waals surface area contributed by atoms with Crippen LogP contribution >= 0.6 is 0 Å². The molecule has 0 aliphatic carbocycles. The molecule has 1 amide bonds. The third kappa shape index (κ3) is 70.0. The Kier molecular flexibility index (Phi) is 73.3. The fraction of sp³-hybridized carbons (Fsp3) is 0.974. The Morgan fingerprint density at radius 2 is 0.488 bits per heavy atom. The van der Waals surface area contributed by atoms with Gasteiger partial charge in [0.1, 0.15) is 0 Å². The number of nitrogens with one attached hydrogen (secondary N) is 1. The van der Waals surface area contributed by atoms with Crippen molar-refractivity contribution < 1.29 is 24.5 Å². The van der Waals surface area contributed by atoms with Gasteiger partial charge in [-0.2, -0.15) is 0 Å². The van der Waals surface area contributed by atoms with E-state index in [1.807, 2.05) is 0 Å². The smallest absolute Gasteiger partial charge is 0.305 e.